The minimum absolute atomic E-state index is 0.139. The lowest BCUT2D eigenvalue weighted by atomic mass is 10.1. The van der Waals surface area contributed by atoms with E-state index in [-0.39, 0.29) is 19.0 Å². The van der Waals surface area contributed by atoms with Crippen molar-refractivity contribution in [1.29, 1.82) is 0 Å². The number of hydrogen-bond donors (Lipinski definition) is 3. The van der Waals surface area contributed by atoms with Crippen LogP contribution in [0.25, 0.3) is 0 Å². The molecule has 3 N–H and O–H groups in total. The molecule has 0 saturated carbocycles. The lowest BCUT2D eigenvalue weighted by Crippen LogP contribution is -2.40. The maximum atomic E-state index is 12.0. The summed E-state index contributed by atoms with van der Waals surface area (Å²) >= 11 is 1.48. The Morgan fingerprint density at radius 2 is 1.91 bits per heavy atom. The first-order valence-corrected chi connectivity index (χ1v) is 8.11. The molecule has 2 aromatic rings. The maximum absolute atomic E-state index is 12.0. The zero-order valence-corrected chi connectivity index (χ0v) is 14.0. The molecule has 1 atom stereocenters. The Labute approximate surface area is 135 Å². The van der Waals surface area contributed by atoms with Crippen LogP contribution in [0.3, 0.4) is 0 Å². The van der Waals surface area contributed by atoms with Crippen molar-refractivity contribution >= 4 is 22.9 Å². The Kier molecular flexibility index (Phi) is 5.21. The van der Waals surface area contributed by atoms with Gasteiger partial charge in [-0.1, -0.05) is 24.3 Å². The molecule has 4 nitrogen and oxygen atoms in total. The van der Waals surface area contributed by atoms with Crippen molar-refractivity contribution in [3.8, 4) is 0 Å². The van der Waals surface area contributed by atoms with Crippen LogP contribution in [0.5, 0.6) is 0 Å². The summed E-state index contributed by atoms with van der Waals surface area (Å²) in [6.07, 6.45) is 0. The third-order valence-electron chi connectivity index (χ3n) is 3.59. The first kappa shape index (κ1) is 16.5. The molecule has 0 aliphatic heterocycles. The highest BCUT2D eigenvalue weighted by atomic mass is 32.1. The first-order chi connectivity index (χ1) is 10.4. The first-order valence-electron chi connectivity index (χ1n) is 7.23. The molecule has 1 heterocycles. The fraction of sp³-hybridized carbons (Fsp3) is 0.353. The zero-order chi connectivity index (χ0) is 16.2. The molecule has 0 fully saturated rings. The van der Waals surface area contributed by atoms with E-state index in [0.717, 1.165) is 21.7 Å². The number of carbonyl (C=O) groups is 1. The third kappa shape index (κ3) is 4.08. The second-order valence-corrected chi connectivity index (χ2v) is 6.60. The van der Waals surface area contributed by atoms with Gasteiger partial charge in [0.05, 0.1) is 13.1 Å². The molecule has 0 saturated heterocycles. The van der Waals surface area contributed by atoms with Crippen molar-refractivity contribution < 1.29 is 9.90 Å². The second kappa shape index (κ2) is 6.94. The normalized spacial score (nSPS) is 13.5. The van der Waals surface area contributed by atoms with Crippen LogP contribution >= 0.6 is 11.3 Å². The molecule has 0 aliphatic rings. The lowest BCUT2D eigenvalue weighted by Gasteiger charge is -2.22. The zero-order valence-electron chi connectivity index (χ0n) is 13.1. The molecule has 5 heteroatoms. The number of para-hydroxylation sites is 1. The minimum Gasteiger partial charge on any atom is -0.383 e. The molecule has 0 unspecified atom stereocenters. The summed E-state index contributed by atoms with van der Waals surface area (Å²) in [4.78, 5) is 12.8. The van der Waals surface area contributed by atoms with Crippen LogP contribution in [0.2, 0.25) is 0 Å². The smallest absolute Gasteiger partial charge is 0.239 e. The van der Waals surface area contributed by atoms with Crippen LogP contribution in [-0.2, 0) is 10.4 Å². The molecule has 1 aromatic heterocycles. The Balaban J connectivity index is 1.86. The van der Waals surface area contributed by atoms with Crippen molar-refractivity contribution in [2.45, 2.75) is 26.4 Å². The van der Waals surface area contributed by atoms with Crippen LogP contribution in [-0.4, -0.2) is 24.1 Å². The number of aryl methyl sites for hydroxylation is 2. The standard InChI is InChI=1S/C17H22N2O2S/c1-12-6-4-7-13(2)16(12)18-10-15(20)19-11-17(3,21)14-8-5-9-22-14/h4-9,18,21H,10-11H2,1-3H3,(H,19,20)/t17-/m0/s1. The van der Waals surface area contributed by atoms with Gasteiger partial charge in [-0.3, -0.25) is 4.79 Å². The summed E-state index contributed by atoms with van der Waals surface area (Å²) in [6, 6.07) is 9.77. The van der Waals surface area contributed by atoms with Crippen molar-refractivity contribution in [2.24, 2.45) is 0 Å². The van der Waals surface area contributed by atoms with E-state index < -0.39 is 5.60 Å². The number of thiophene rings is 1. The molecule has 1 aromatic carbocycles. The van der Waals surface area contributed by atoms with Crippen molar-refractivity contribution in [3.63, 3.8) is 0 Å². The molecule has 0 aliphatic carbocycles. The maximum Gasteiger partial charge on any atom is 0.239 e. The van der Waals surface area contributed by atoms with E-state index in [9.17, 15) is 9.90 Å². The van der Waals surface area contributed by atoms with Gasteiger partial charge in [-0.15, -0.1) is 11.3 Å². The van der Waals surface area contributed by atoms with Crippen molar-refractivity contribution in [2.75, 3.05) is 18.4 Å². The number of hydrogen-bond acceptors (Lipinski definition) is 4. The van der Waals surface area contributed by atoms with E-state index in [0.29, 0.717) is 0 Å². The average molecular weight is 318 g/mol. The Morgan fingerprint density at radius 1 is 1.23 bits per heavy atom. The van der Waals surface area contributed by atoms with Gasteiger partial charge in [-0.2, -0.15) is 0 Å². The summed E-state index contributed by atoms with van der Waals surface area (Å²) in [5.41, 5.74) is 2.17. The van der Waals surface area contributed by atoms with E-state index in [2.05, 4.69) is 10.6 Å². The van der Waals surface area contributed by atoms with E-state index in [4.69, 9.17) is 0 Å². The number of aliphatic hydroxyl groups is 1. The molecule has 0 spiro atoms. The Hall–Kier alpha value is -1.85. The molecule has 1 amide bonds. The summed E-state index contributed by atoms with van der Waals surface area (Å²) in [5, 5.41) is 18.2. The van der Waals surface area contributed by atoms with Crippen molar-refractivity contribution in [1.82, 2.24) is 5.32 Å². The van der Waals surface area contributed by atoms with Gasteiger partial charge < -0.3 is 15.7 Å². The second-order valence-electron chi connectivity index (χ2n) is 5.65. The van der Waals surface area contributed by atoms with Gasteiger partial charge in [0.1, 0.15) is 5.60 Å². The predicted molar refractivity (Wildman–Crippen MR) is 91.3 cm³/mol. The van der Waals surface area contributed by atoms with E-state index in [1.165, 1.54) is 11.3 Å². The number of nitrogens with one attached hydrogen (secondary N) is 2. The molecule has 0 bridgehead atoms. The number of anilines is 1. The Bertz CT molecular complexity index is 616. The van der Waals surface area contributed by atoms with Gasteiger partial charge >= 0.3 is 0 Å². The van der Waals surface area contributed by atoms with Crippen LogP contribution in [0.15, 0.2) is 35.7 Å². The van der Waals surface area contributed by atoms with Gasteiger partial charge in [0.25, 0.3) is 0 Å². The average Bonchev–Trinajstić information content (AvgIpc) is 3.00. The summed E-state index contributed by atoms with van der Waals surface area (Å²) in [5.74, 6) is -0.139. The molecule has 0 radical (unpaired) electrons. The van der Waals surface area contributed by atoms with Gasteiger partial charge in [0.15, 0.2) is 0 Å². The van der Waals surface area contributed by atoms with E-state index >= 15 is 0 Å². The highest BCUT2D eigenvalue weighted by Crippen LogP contribution is 2.24. The minimum atomic E-state index is -1.04. The monoisotopic (exact) mass is 318 g/mol. The van der Waals surface area contributed by atoms with Gasteiger partial charge in [-0.05, 0) is 43.3 Å². The highest BCUT2D eigenvalue weighted by molar-refractivity contribution is 7.10. The summed E-state index contributed by atoms with van der Waals surface area (Å²) in [6.45, 7) is 6.11. The molecule has 2 rings (SSSR count). The van der Waals surface area contributed by atoms with Gasteiger partial charge in [0.2, 0.25) is 5.91 Å². The van der Waals surface area contributed by atoms with E-state index in [1.807, 2.05) is 49.6 Å². The van der Waals surface area contributed by atoms with E-state index in [1.54, 1.807) is 6.92 Å². The largest absolute Gasteiger partial charge is 0.383 e. The van der Waals surface area contributed by atoms with Crippen LogP contribution in [0.1, 0.15) is 22.9 Å². The molecule has 22 heavy (non-hydrogen) atoms. The van der Waals surface area contributed by atoms with Crippen LogP contribution < -0.4 is 10.6 Å². The lowest BCUT2D eigenvalue weighted by molar-refractivity contribution is -0.120. The van der Waals surface area contributed by atoms with Gasteiger partial charge in [0, 0.05) is 10.6 Å². The predicted octanol–water partition coefficient (Wildman–Crippen LogP) is 2.80. The fourth-order valence-electron chi connectivity index (χ4n) is 2.27. The number of benzene rings is 1. The number of rotatable bonds is 6. The third-order valence-corrected chi connectivity index (χ3v) is 4.71. The quantitative estimate of drug-likeness (QED) is 0.767. The SMILES string of the molecule is Cc1cccc(C)c1NCC(=O)NC[C@](C)(O)c1cccs1. The van der Waals surface area contributed by atoms with Crippen LogP contribution in [0.4, 0.5) is 5.69 Å². The number of amides is 1. The summed E-state index contributed by atoms with van der Waals surface area (Å²) < 4.78 is 0. The van der Waals surface area contributed by atoms with Crippen molar-refractivity contribution in [3.05, 3.63) is 51.7 Å². The topological polar surface area (TPSA) is 61.4 Å². The molecule has 118 valence electrons. The molecular formula is C17H22N2O2S. The van der Waals surface area contributed by atoms with Crippen LogP contribution in [0, 0.1) is 13.8 Å². The highest BCUT2D eigenvalue weighted by Gasteiger charge is 2.24. The summed E-state index contributed by atoms with van der Waals surface area (Å²) in [7, 11) is 0. The molecular weight excluding hydrogens is 296 g/mol. The fourth-order valence-corrected chi connectivity index (χ4v) is 3.05. The van der Waals surface area contributed by atoms with Gasteiger partial charge in [-0.25, -0.2) is 0 Å². The Morgan fingerprint density at radius 3 is 2.50 bits per heavy atom. The number of carbonyl (C=O) groups excluding carboxylic acids is 1.